The highest BCUT2D eigenvalue weighted by atomic mass is 16.1. The molecule has 5 nitrogen and oxygen atoms in total. The van der Waals surface area contributed by atoms with Gasteiger partial charge < -0.3 is 5.32 Å². The van der Waals surface area contributed by atoms with Crippen molar-refractivity contribution in [3.63, 3.8) is 0 Å². The smallest absolute Gasteiger partial charge is 0.261 e. The van der Waals surface area contributed by atoms with Gasteiger partial charge in [-0.1, -0.05) is 72.3 Å². The fourth-order valence-corrected chi connectivity index (χ4v) is 3.57. The molecule has 3 aromatic carbocycles. The molecule has 5 aromatic rings. The van der Waals surface area contributed by atoms with Crippen LogP contribution in [0.4, 0.5) is 5.69 Å². The lowest BCUT2D eigenvalue weighted by molar-refractivity contribution is 0.102. The second kappa shape index (κ2) is 7.88. The summed E-state index contributed by atoms with van der Waals surface area (Å²) in [4.78, 5) is 17.3. The van der Waals surface area contributed by atoms with Gasteiger partial charge in [-0.2, -0.15) is 5.10 Å². The van der Waals surface area contributed by atoms with Crippen LogP contribution in [0, 0.1) is 6.92 Å². The van der Waals surface area contributed by atoms with Crippen molar-refractivity contribution < 1.29 is 4.79 Å². The Morgan fingerprint density at radius 2 is 1.48 bits per heavy atom. The van der Waals surface area contributed by atoms with E-state index in [0.717, 1.165) is 28.1 Å². The van der Waals surface area contributed by atoms with Gasteiger partial charge in [-0.15, -0.1) is 0 Å². The predicted octanol–water partition coefficient (Wildman–Crippen LogP) is 5.62. The molecule has 0 spiro atoms. The minimum atomic E-state index is -0.240. The number of carbonyl (C=O) groups is 1. The van der Waals surface area contributed by atoms with Crippen molar-refractivity contribution >= 4 is 17.2 Å². The number of hydrogen-bond acceptors (Lipinski definition) is 3. The highest BCUT2D eigenvalue weighted by Gasteiger charge is 2.16. The molecule has 0 saturated carbocycles. The van der Waals surface area contributed by atoms with Gasteiger partial charge >= 0.3 is 0 Å². The van der Waals surface area contributed by atoms with E-state index >= 15 is 0 Å². The molecule has 0 unspecified atom stereocenters. The second-order valence-electron chi connectivity index (χ2n) is 7.39. The Morgan fingerprint density at radius 3 is 2.23 bits per heavy atom. The van der Waals surface area contributed by atoms with Crippen LogP contribution in [0.1, 0.15) is 15.9 Å². The maximum Gasteiger partial charge on any atom is 0.261 e. The maximum atomic E-state index is 12.9. The first kappa shape index (κ1) is 18.8. The zero-order chi connectivity index (χ0) is 21.2. The van der Waals surface area contributed by atoms with Gasteiger partial charge in [0.1, 0.15) is 5.56 Å². The van der Waals surface area contributed by atoms with Gasteiger partial charge in [-0.25, -0.2) is 9.50 Å². The molecule has 1 amide bonds. The van der Waals surface area contributed by atoms with Crippen LogP contribution in [-0.4, -0.2) is 20.5 Å². The lowest BCUT2D eigenvalue weighted by Gasteiger charge is -2.07. The number of hydrogen-bond donors (Lipinski definition) is 1. The number of nitrogens with one attached hydrogen (secondary N) is 1. The molecular weight excluding hydrogens is 384 g/mol. The average molecular weight is 404 g/mol. The van der Waals surface area contributed by atoms with E-state index in [9.17, 15) is 4.79 Å². The Morgan fingerprint density at radius 1 is 0.806 bits per heavy atom. The van der Waals surface area contributed by atoms with Crippen molar-refractivity contribution in [1.82, 2.24) is 14.6 Å². The first-order valence-corrected chi connectivity index (χ1v) is 10.1. The standard InChI is InChI=1S/C26H20N4O/c1-18-7-9-21(10-8-18)24-15-16-27-25-23(17-28-30(24)25)26(31)29-22-13-11-20(12-14-22)19-5-3-2-4-6-19/h2-17H,1H3,(H,29,31). The molecule has 0 aliphatic heterocycles. The monoisotopic (exact) mass is 404 g/mol. The van der Waals surface area contributed by atoms with E-state index < -0.39 is 0 Å². The molecule has 0 saturated heterocycles. The molecule has 5 rings (SSSR count). The molecule has 31 heavy (non-hydrogen) atoms. The van der Waals surface area contributed by atoms with Crippen LogP contribution in [0.3, 0.4) is 0 Å². The molecular formula is C26H20N4O. The van der Waals surface area contributed by atoms with Crippen molar-refractivity contribution in [3.8, 4) is 22.4 Å². The Balaban J connectivity index is 1.41. The summed E-state index contributed by atoms with van der Waals surface area (Å²) >= 11 is 0. The van der Waals surface area contributed by atoms with Crippen molar-refractivity contribution in [2.75, 3.05) is 5.32 Å². The fourth-order valence-electron chi connectivity index (χ4n) is 3.57. The Bertz CT molecular complexity index is 1350. The first-order valence-electron chi connectivity index (χ1n) is 10.1. The molecule has 0 atom stereocenters. The van der Waals surface area contributed by atoms with Crippen molar-refractivity contribution in [1.29, 1.82) is 0 Å². The largest absolute Gasteiger partial charge is 0.322 e. The number of fused-ring (bicyclic) bond motifs is 1. The maximum absolute atomic E-state index is 12.9. The second-order valence-corrected chi connectivity index (χ2v) is 7.39. The van der Waals surface area contributed by atoms with Crippen LogP contribution in [0.2, 0.25) is 0 Å². The van der Waals surface area contributed by atoms with Gasteiger partial charge in [0.2, 0.25) is 0 Å². The zero-order valence-electron chi connectivity index (χ0n) is 17.0. The SMILES string of the molecule is Cc1ccc(-c2ccnc3c(C(=O)Nc4ccc(-c5ccccc5)cc4)cnn23)cc1. The van der Waals surface area contributed by atoms with E-state index in [1.165, 1.54) is 5.56 Å². The summed E-state index contributed by atoms with van der Waals surface area (Å²) in [6, 6.07) is 28.0. The van der Waals surface area contributed by atoms with Crippen LogP contribution in [0.25, 0.3) is 28.0 Å². The first-order chi connectivity index (χ1) is 15.2. The molecule has 0 aliphatic carbocycles. The number of benzene rings is 3. The van der Waals surface area contributed by atoms with Crippen LogP contribution in [-0.2, 0) is 0 Å². The molecule has 0 fully saturated rings. The van der Waals surface area contributed by atoms with Crippen LogP contribution >= 0.6 is 0 Å². The lowest BCUT2D eigenvalue weighted by Crippen LogP contribution is -2.12. The molecule has 0 aliphatic rings. The summed E-state index contributed by atoms with van der Waals surface area (Å²) < 4.78 is 1.71. The molecule has 2 aromatic heterocycles. The van der Waals surface area contributed by atoms with Crippen molar-refractivity contribution in [3.05, 3.63) is 108 Å². The van der Waals surface area contributed by atoms with E-state index in [4.69, 9.17) is 0 Å². The van der Waals surface area contributed by atoms with Crippen LogP contribution < -0.4 is 5.32 Å². The summed E-state index contributed by atoms with van der Waals surface area (Å²) in [6.07, 6.45) is 3.27. The summed E-state index contributed by atoms with van der Waals surface area (Å²) in [5.41, 5.74) is 7.00. The minimum Gasteiger partial charge on any atom is -0.322 e. The number of amides is 1. The third kappa shape index (κ3) is 3.69. The van der Waals surface area contributed by atoms with Gasteiger partial charge in [0.25, 0.3) is 5.91 Å². The normalized spacial score (nSPS) is 10.9. The Labute approximate surface area is 180 Å². The van der Waals surface area contributed by atoms with Gasteiger partial charge in [0, 0.05) is 17.4 Å². The third-order valence-corrected chi connectivity index (χ3v) is 5.24. The van der Waals surface area contributed by atoms with Gasteiger partial charge in [-0.05, 0) is 36.2 Å². The van der Waals surface area contributed by atoms with E-state index in [2.05, 4.69) is 46.6 Å². The van der Waals surface area contributed by atoms with Gasteiger partial charge in [0.05, 0.1) is 11.9 Å². The molecule has 5 heteroatoms. The quantitative estimate of drug-likeness (QED) is 0.423. The third-order valence-electron chi connectivity index (χ3n) is 5.24. The summed E-state index contributed by atoms with van der Waals surface area (Å²) in [7, 11) is 0. The molecule has 2 heterocycles. The number of anilines is 1. The summed E-state index contributed by atoms with van der Waals surface area (Å²) in [6.45, 7) is 2.05. The highest BCUT2D eigenvalue weighted by Crippen LogP contribution is 2.23. The summed E-state index contributed by atoms with van der Waals surface area (Å²) in [5, 5.41) is 7.38. The van der Waals surface area contributed by atoms with E-state index in [1.807, 2.05) is 60.7 Å². The Kier molecular flexibility index (Phi) is 4.77. The highest BCUT2D eigenvalue weighted by molar-refractivity contribution is 6.08. The zero-order valence-corrected chi connectivity index (χ0v) is 17.0. The van der Waals surface area contributed by atoms with Crippen molar-refractivity contribution in [2.24, 2.45) is 0 Å². The molecule has 150 valence electrons. The fraction of sp³-hybridized carbons (Fsp3) is 0.0385. The number of aromatic nitrogens is 3. The number of rotatable bonds is 4. The molecule has 0 radical (unpaired) electrons. The lowest BCUT2D eigenvalue weighted by atomic mass is 10.1. The summed E-state index contributed by atoms with van der Waals surface area (Å²) in [5.74, 6) is -0.240. The van der Waals surface area contributed by atoms with Crippen LogP contribution in [0.15, 0.2) is 97.3 Å². The topological polar surface area (TPSA) is 59.3 Å². The Hall–Kier alpha value is -4.25. The molecule has 1 N–H and O–H groups in total. The number of carbonyl (C=O) groups excluding carboxylic acids is 1. The van der Waals surface area contributed by atoms with E-state index in [-0.39, 0.29) is 5.91 Å². The average Bonchev–Trinajstić information content (AvgIpc) is 3.25. The van der Waals surface area contributed by atoms with Gasteiger partial charge in [-0.3, -0.25) is 4.79 Å². The van der Waals surface area contributed by atoms with Gasteiger partial charge in [0.15, 0.2) is 5.65 Å². The minimum absolute atomic E-state index is 0.240. The predicted molar refractivity (Wildman–Crippen MR) is 123 cm³/mol. The van der Waals surface area contributed by atoms with E-state index in [0.29, 0.717) is 11.2 Å². The molecule has 0 bridgehead atoms. The number of nitrogens with zero attached hydrogens (tertiary/aromatic N) is 3. The van der Waals surface area contributed by atoms with Crippen LogP contribution in [0.5, 0.6) is 0 Å². The van der Waals surface area contributed by atoms with E-state index in [1.54, 1.807) is 16.9 Å². The van der Waals surface area contributed by atoms with Crippen molar-refractivity contribution in [2.45, 2.75) is 6.92 Å². The number of aryl methyl sites for hydroxylation is 1.